The van der Waals surface area contributed by atoms with E-state index in [0.717, 1.165) is 12.0 Å². The minimum Gasteiger partial charge on any atom is -0.355 e. The number of carbonyl (C=O) groups is 3. The lowest BCUT2D eigenvalue weighted by atomic mass is 10.1. The van der Waals surface area contributed by atoms with Crippen LogP contribution in [0.15, 0.2) is 18.2 Å². The zero-order chi connectivity index (χ0) is 18.1. The number of hydrogen-bond donors (Lipinski definition) is 4. The van der Waals surface area contributed by atoms with Gasteiger partial charge in [-0.2, -0.15) is 0 Å². The highest BCUT2D eigenvalue weighted by atomic mass is 16.2. The Kier molecular flexibility index (Phi) is 7.74. The van der Waals surface area contributed by atoms with Crippen molar-refractivity contribution in [1.29, 1.82) is 0 Å². The maximum absolute atomic E-state index is 11.9. The van der Waals surface area contributed by atoms with Crippen molar-refractivity contribution in [2.24, 2.45) is 5.92 Å². The third kappa shape index (κ3) is 6.68. The molecule has 0 fully saturated rings. The summed E-state index contributed by atoms with van der Waals surface area (Å²) in [5.74, 6) is -0.462. The molecule has 0 aromatic heterocycles. The predicted octanol–water partition coefficient (Wildman–Crippen LogP) is 2.24. The molecule has 0 spiro atoms. The molecule has 1 aromatic carbocycles. The molecule has 4 N–H and O–H groups in total. The summed E-state index contributed by atoms with van der Waals surface area (Å²) < 4.78 is 0. The standard InChI is InChI=1S/C17H26N4O3/c1-5-8-18-15(22)10-19-17(24)21-14-9-13(7-6-12(14)4)20-16(23)11(2)3/h6-7,9,11H,5,8,10H2,1-4H3,(H,18,22)(H,20,23)(H2,19,21,24). The van der Waals surface area contributed by atoms with Crippen LogP contribution >= 0.6 is 0 Å². The number of rotatable bonds is 7. The van der Waals surface area contributed by atoms with Crippen LogP contribution in [0, 0.1) is 12.8 Å². The second kappa shape index (κ2) is 9.54. The van der Waals surface area contributed by atoms with Crippen molar-refractivity contribution in [3.05, 3.63) is 23.8 Å². The van der Waals surface area contributed by atoms with Gasteiger partial charge in [0.05, 0.1) is 6.54 Å². The molecule has 0 bridgehead atoms. The van der Waals surface area contributed by atoms with Gasteiger partial charge in [0, 0.05) is 23.8 Å². The molecule has 0 atom stereocenters. The van der Waals surface area contributed by atoms with Crippen molar-refractivity contribution < 1.29 is 14.4 Å². The molecule has 0 unspecified atom stereocenters. The Morgan fingerprint density at radius 2 is 1.79 bits per heavy atom. The highest BCUT2D eigenvalue weighted by molar-refractivity contribution is 5.95. The first kappa shape index (κ1) is 19.5. The molecule has 132 valence electrons. The van der Waals surface area contributed by atoms with Crippen molar-refractivity contribution in [3.63, 3.8) is 0 Å². The SMILES string of the molecule is CCCNC(=O)CNC(=O)Nc1cc(NC(=O)C(C)C)ccc1C. The number of urea groups is 1. The number of benzene rings is 1. The van der Waals surface area contributed by atoms with Crippen LogP contribution < -0.4 is 21.3 Å². The van der Waals surface area contributed by atoms with E-state index in [-0.39, 0.29) is 24.3 Å². The molecule has 7 nitrogen and oxygen atoms in total. The van der Waals surface area contributed by atoms with Gasteiger partial charge in [-0.3, -0.25) is 9.59 Å². The Hall–Kier alpha value is -2.57. The summed E-state index contributed by atoms with van der Waals surface area (Å²) in [6.45, 7) is 7.90. The fourth-order valence-corrected chi connectivity index (χ4v) is 1.78. The average Bonchev–Trinajstić information content (AvgIpc) is 2.53. The topological polar surface area (TPSA) is 99.3 Å². The van der Waals surface area contributed by atoms with Gasteiger partial charge in [0.15, 0.2) is 0 Å². The highest BCUT2D eigenvalue weighted by Gasteiger charge is 2.10. The summed E-state index contributed by atoms with van der Waals surface area (Å²) >= 11 is 0. The Bertz CT molecular complexity index is 599. The lowest BCUT2D eigenvalue weighted by Gasteiger charge is -2.13. The fraction of sp³-hybridized carbons (Fsp3) is 0.471. The summed E-state index contributed by atoms with van der Waals surface area (Å²) in [7, 11) is 0. The average molecular weight is 334 g/mol. The monoisotopic (exact) mass is 334 g/mol. The van der Waals surface area contributed by atoms with Gasteiger partial charge in [-0.25, -0.2) is 4.79 Å². The lowest BCUT2D eigenvalue weighted by Crippen LogP contribution is -2.39. The van der Waals surface area contributed by atoms with Crippen molar-refractivity contribution in [2.45, 2.75) is 34.1 Å². The van der Waals surface area contributed by atoms with Crippen LogP contribution in [0.2, 0.25) is 0 Å². The van der Waals surface area contributed by atoms with Crippen LogP contribution in [-0.4, -0.2) is 30.9 Å². The van der Waals surface area contributed by atoms with Gasteiger partial charge < -0.3 is 21.3 Å². The first-order chi connectivity index (χ1) is 11.3. The van der Waals surface area contributed by atoms with E-state index in [2.05, 4.69) is 21.3 Å². The molecule has 1 rings (SSSR count). The first-order valence-corrected chi connectivity index (χ1v) is 8.06. The van der Waals surface area contributed by atoms with Crippen LogP contribution in [0.3, 0.4) is 0 Å². The van der Waals surface area contributed by atoms with Crippen LogP contribution in [-0.2, 0) is 9.59 Å². The number of anilines is 2. The summed E-state index contributed by atoms with van der Waals surface area (Å²) in [6.07, 6.45) is 0.839. The minimum atomic E-state index is -0.475. The van der Waals surface area contributed by atoms with Gasteiger partial charge in [-0.1, -0.05) is 26.8 Å². The normalized spacial score (nSPS) is 10.2. The first-order valence-electron chi connectivity index (χ1n) is 8.06. The molecule has 24 heavy (non-hydrogen) atoms. The second-order valence-corrected chi connectivity index (χ2v) is 5.83. The van der Waals surface area contributed by atoms with Crippen LogP contribution in [0.25, 0.3) is 0 Å². The molecule has 0 saturated heterocycles. The Morgan fingerprint density at radius 1 is 1.08 bits per heavy atom. The van der Waals surface area contributed by atoms with Crippen molar-refractivity contribution in [1.82, 2.24) is 10.6 Å². The molecule has 0 radical (unpaired) electrons. The van der Waals surface area contributed by atoms with E-state index in [4.69, 9.17) is 0 Å². The third-order valence-corrected chi connectivity index (χ3v) is 3.26. The molecule has 0 aliphatic heterocycles. The van der Waals surface area contributed by atoms with Crippen LogP contribution in [0.5, 0.6) is 0 Å². The van der Waals surface area contributed by atoms with E-state index in [9.17, 15) is 14.4 Å². The molecule has 4 amide bonds. The van der Waals surface area contributed by atoms with Gasteiger partial charge >= 0.3 is 6.03 Å². The van der Waals surface area contributed by atoms with E-state index in [1.54, 1.807) is 32.0 Å². The maximum Gasteiger partial charge on any atom is 0.319 e. The summed E-state index contributed by atoms with van der Waals surface area (Å²) in [6, 6.07) is 4.79. The molecule has 7 heteroatoms. The Labute approximate surface area is 142 Å². The van der Waals surface area contributed by atoms with Crippen molar-refractivity contribution in [2.75, 3.05) is 23.7 Å². The Balaban J connectivity index is 2.61. The highest BCUT2D eigenvalue weighted by Crippen LogP contribution is 2.20. The van der Waals surface area contributed by atoms with Gasteiger partial charge in [0.1, 0.15) is 0 Å². The Morgan fingerprint density at radius 3 is 2.42 bits per heavy atom. The van der Waals surface area contributed by atoms with Crippen LogP contribution in [0.4, 0.5) is 16.2 Å². The van der Waals surface area contributed by atoms with Gasteiger partial charge in [-0.05, 0) is 31.0 Å². The molecular formula is C17H26N4O3. The van der Waals surface area contributed by atoms with Crippen molar-refractivity contribution in [3.8, 4) is 0 Å². The smallest absolute Gasteiger partial charge is 0.319 e. The molecular weight excluding hydrogens is 308 g/mol. The van der Waals surface area contributed by atoms with Gasteiger partial charge in [0.25, 0.3) is 0 Å². The molecule has 0 heterocycles. The zero-order valence-electron chi connectivity index (χ0n) is 14.7. The van der Waals surface area contributed by atoms with Gasteiger partial charge in [0.2, 0.25) is 11.8 Å². The molecule has 0 aliphatic carbocycles. The van der Waals surface area contributed by atoms with E-state index in [0.29, 0.717) is 17.9 Å². The van der Waals surface area contributed by atoms with E-state index in [1.807, 2.05) is 13.8 Å². The van der Waals surface area contributed by atoms with E-state index < -0.39 is 6.03 Å². The number of carbonyl (C=O) groups excluding carboxylic acids is 3. The number of nitrogens with one attached hydrogen (secondary N) is 4. The van der Waals surface area contributed by atoms with E-state index in [1.165, 1.54) is 0 Å². The maximum atomic E-state index is 11.9. The number of hydrogen-bond acceptors (Lipinski definition) is 3. The molecule has 0 saturated carbocycles. The summed E-state index contributed by atoms with van der Waals surface area (Å²) in [4.78, 5) is 35.1. The van der Waals surface area contributed by atoms with E-state index >= 15 is 0 Å². The fourth-order valence-electron chi connectivity index (χ4n) is 1.78. The summed E-state index contributed by atoms with van der Waals surface area (Å²) in [5, 5.41) is 10.6. The van der Waals surface area contributed by atoms with Gasteiger partial charge in [-0.15, -0.1) is 0 Å². The predicted molar refractivity (Wildman–Crippen MR) is 95.0 cm³/mol. The van der Waals surface area contributed by atoms with Crippen LogP contribution in [0.1, 0.15) is 32.8 Å². The van der Waals surface area contributed by atoms with Crippen molar-refractivity contribution >= 4 is 29.2 Å². The zero-order valence-corrected chi connectivity index (χ0v) is 14.7. The lowest BCUT2D eigenvalue weighted by molar-refractivity contribution is -0.120. The largest absolute Gasteiger partial charge is 0.355 e. The number of aryl methyl sites for hydroxylation is 1. The third-order valence-electron chi connectivity index (χ3n) is 3.26. The quantitative estimate of drug-likeness (QED) is 0.615. The minimum absolute atomic E-state index is 0.0886. The molecule has 0 aliphatic rings. The molecule has 1 aromatic rings. The summed E-state index contributed by atoms with van der Waals surface area (Å²) in [5.41, 5.74) is 2.03. The number of amides is 4. The second-order valence-electron chi connectivity index (χ2n) is 5.83.